The largest absolute Gasteiger partial charge is 0.497 e. The first kappa shape index (κ1) is 33.1. The molecule has 3 amide bonds. The molecule has 0 aromatic heterocycles. The summed E-state index contributed by atoms with van der Waals surface area (Å²) in [7, 11) is 3.03. The third kappa shape index (κ3) is 9.10. The van der Waals surface area contributed by atoms with Crippen LogP contribution in [0.5, 0.6) is 11.5 Å². The fourth-order valence-electron chi connectivity index (χ4n) is 4.18. The lowest BCUT2D eigenvalue weighted by Crippen LogP contribution is -2.30. The van der Waals surface area contributed by atoms with Gasteiger partial charge < -0.3 is 25.4 Å². The van der Waals surface area contributed by atoms with Gasteiger partial charge in [-0.1, -0.05) is 42.8 Å². The molecule has 0 aliphatic carbocycles. The predicted molar refractivity (Wildman–Crippen MR) is 176 cm³/mol. The number of thioether (sulfide) groups is 1. The minimum atomic E-state index is -0.579. The fraction of sp³-hybridized carbons (Fsp3) is 0.147. The Labute approximate surface area is 270 Å². The van der Waals surface area contributed by atoms with Gasteiger partial charge in [0.15, 0.2) is 0 Å². The second-order valence-electron chi connectivity index (χ2n) is 9.60. The molecular formula is C34H31ClFN3O5S. The number of carbonyl (C=O) groups excluding carboxylic acids is 3. The van der Waals surface area contributed by atoms with Crippen molar-refractivity contribution in [2.45, 2.75) is 23.5 Å². The summed E-state index contributed by atoms with van der Waals surface area (Å²) in [6.45, 7) is 1.87. The lowest BCUT2D eigenvalue weighted by atomic mass is 10.1. The molecular weight excluding hydrogens is 617 g/mol. The average molecular weight is 648 g/mol. The Morgan fingerprint density at radius 3 is 2.33 bits per heavy atom. The van der Waals surface area contributed by atoms with E-state index < -0.39 is 22.9 Å². The topological polar surface area (TPSA) is 106 Å². The summed E-state index contributed by atoms with van der Waals surface area (Å²) >= 11 is 7.16. The Morgan fingerprint density at radius 1 is 0.889 bits per heavy atom. The number of nitrogens with one attached hydrogen (secondary N) is 3. The summed E-state index contributed by atoms with van der Waals surface area (Å²) in [5, 5.41) is 7.75. The zero-order valence-corrected chi connectivity index (χ0v) is 26.3. The molecule has 0 spiro atoms. The maximum atomic E-state index is 13.6. The molecule has 0 fully saturated rings. The second kappa shape index (κ2) is 15.8. The number of hydrogen-bond acceptors (Lipinski definition) is 6. The molecule has 0 heterocycles. The van der Waals surface area contributed by atoms with E-state index in [1.807, 2.05) is 13.0 Å². The van der Waals surface area contributed by atoms with Crippen molar-refractivity contribution in [2.75, 3.05) is 24.9 Å². The predicted octanol–water partition coefficient (Wildman–Crippen LogP) is 7.42. The Bertz CT molecular complexity index is 1720. The SMILES string of the molecule is CCC(Sc1cccc(NC(=O)/C(=C\c2cc(OC)ccc2OC)NC(=O)c2ccccc2)c1)C(=O)Nc1ccc(F)c(Cl)c1. The van der Waals surface area contributed by atoms with Crippen molar-refractivity contribution in [1.29, 1.82) is 0 Å². The van der Waals surface area contributed by atoms with Crippen LogP contribution in [0, 0.1) is 5.82 Å². The van der Waals surface area contributed by atoms with Gasteiger partial charge in [0.25, 0.3) is 11.8 Å². The van der Waals surface area contributed by atoms with E-state index in [-0.39, 0.29) is 16.6 Å². The van der Waals surface area contributed by atoms with E-state index in [0.29, 0.717) is 40.4 Å². The highest BCUT2D eigenvalue weighted by molar-refractivity contribution is 8.00. The van der Waals surface area contributed by atoms with Crippen LogP contribution in [-0.4, -0.2) is 37.2 Å². The maximum Gasteiger partial charge on any atom is 0.272 e. The minimum absolute atomic E-state index is 0.0303. The molecule has 232 valence electrons. The first-order valence-electron chi connectivity index (χ1n) is 13.8. The van der Waals surface area contributed by atoms with Gasteiger partial charge in [0.05, 0.1) is 24.5 Å². The van der Waals surface area contributed by atoms with Gasteiger partial charge >= 0.3 is 0 Å². The lowest BCUT2D eigenvalue weighted by molar-refractivity contribution is -0.116. The summed E-state index contributed by atoms with van der Waals surface area (Å²) in [5.74, 6) is -0.888. The highest BCUT2D eigenvalue weighted by Crippen LogP contribution is 2.30. The summed E-state index contributed by atoms with van der Waals surface area (Å²) < 4.78 is 24.3. The van der Waals surface area contributed by atoms with Gasteiger partial charge in [0, 0.05) is 27.4 Å². The van der Waals surface area contributed by atoms with Gasteiger partial charge in [-0.15, -0.1) is 11.8 Å². The van der Waals surface area contributed by atoms with Crippen molar-refractivity contribution in [3.05, 3.63) is 119 Å². The zero-order chi connectivity index (χ0) is 32.3. The maximum absolute atomic E-state index is 13.6. The zero-order valence-electron chi connectivity index (χ0n) is 24.7. The van der Waals surface area contributed by atoms with Crippen molar-refractivity contribution >= 4 is 58.5 Å². The summed E-state index contributed by atoms with van der Waals surface area (Å²) in [6.07, 6.45) is 2.01. The first-order chi connectivity index (χ1) is 21.7. The van der Waals surface area contributed by atoms with Gasteiger partial charge in [-0.3, -0.25) is 14.4 Å². The van der Waals surface area contributed by atoms with E-state index in [4.69, 9.17) is 21.1 Å². The van der Waals surface area contributed by atoms with Crippen LogP contribution in [0.3, 0.4) is 0 Å². The molecule has 0 saturated carbocycles. The van der Waals surface area contributed by atoms with Gasteiger partial charge in [-0.2, -0.15) is 0 Å². The fourth-order valence-corrected chi connectivity index (χ4v) is 5.37. The van der Waals surface area contributed by atoms with Crippen LogP contribution in [0.4, 0.5) is 15.8 Å². The molecule has 8 nitrogen and oxygen atoms in total. The number of hydrogen-bond donors (Lipinski definition) is 3. The molecule has 4 rings (SSSR count). The number of benzene rings is 4. The molecule has 1 unspecified atom stereocenters. The highest BCUT2D eigenvalue weighted by Gasteiger charge is 2.20. The normalized spacial score (nSPS) is 11.7. The number of rotatable bonds is 12. The van der Waals surface area contributed by atoms with Crippen LogP contribution in [0.25, 0.3) is 6.08 Å². The summed E-state index contributed by atoms with van der Waals surface area (Å²) in [4.78, 5) is 40.4. The Kier molecular flexibility index (Phi) is 11.6. The smallest absolute Gasteiger partial charge is 0.272 e. The number of amides is 3. The van der Waals surface area contributed by atoms with E-state index in [1.54, 1.807) is 66.7 Å². The van der Waals surface area contributed by atoms with E-state index in [2.05, 4.69) is 16.0 Å². The number of halogens is 2. The molecule has 0 saturated heterocycles. The molecule has 0 bridgehead atoms. The van der Waals surface area contributed by atoms with Crippen LogP contribution in [0.2, 0.25) is 5.02 Å². The summed E-state index contributed by atoms with van der Waals surface area (Å²) in [5.41, 5.74) is 1.69. The minimum Gasteiger partial charge on any atom is -0.497 e. The van der Waals surface area contributed by atoms with Gasteiger partial charge in [0.1, 0.15) is 23.0 Å². The number of carbonyl (C=O) groups is 3. The average Bonchev–Trinajstić information content (AvgIpc) is 3.05. The summed E-state index contributed by atoms with van der Waals surface area (Å²) in [6, 6.07) is 24.6. The Balaban J connectivity index is 1.55. The van der Waals surface area contributed by atoms with E-state index >= 15 is 0 Å². The third-order valence-electron chi connectivity index (χ3n) is 6.49. The monoisotopic (exact) mass is 647 g/mol. The second-order valence-corrected chi connectivity index (χ2v) is 11.3. The molecule has 0 radical (unpaired) electrons. The van der Waals surface area contributed by atoms with Crippen LogP contribution < -0.4 is 25.4 Å². The molecule has 0 aliphatic rings. The quantitative estimate of drug-likeness (QED) is 0.109. The number of methoxy groups -OCH3 is 2. The molecule has 0 aliphatic heterocycles. The molecule has 11 heteroatoms. The molecule has 4 aromatic carbocycles. The van der Waals surface area contributed by atoms with Crippen LogP contribution in [0.15, 0.2) is 102 Å². The van der Waals surface area contributed by atoms with Crippen molar-refractivity contribution < 1.29 is 28.2 Å². The van der Waals surface area contributed by atoms with Crippen molar-refractivity contribution in [2.24, 2.45) is 0 Å². The molecule has 4 aromatic rings. The molecule has 1 atom stereocenters. The van der Waals surface area contributed by atoms with E-state index in [1.165, 1.54) is 50.3 Å². The highest BCUT2D eigenvalue weighted by atomic mass is 35.5. The van der Waals surface area contributed by atoms with Gasteiger partial charge in [0.2, 0.25) is 5.91 Å². The Hall–Kier alpha value is -4.80. The van der Waals surface area contributed by atoms with Gasteiger partial charge in [-0.25, -0.2) is 4.39 Å². The standard InChI is InChI=1S/C34H31ClFN3O5S/c1-4-31(34(42)38-24-13-15-28(36)27(35)20-24)45-26-12-8-11-23(19-26)37-33(41)29(39-32(40)21-9-6-5-7-10-21)18-22-17-25(43-2)14-16-30(22)44-3/h5-20,31H,4H2,1-3H3,(H,37,41)(H,38,42)(H,39,40)/b29-18+. The van der Waals surface area contributed by atoms with E-state index in [9.17, 15) is 18.8 Å². The molecule has 45 heavy (non-hydrogen) atoms. The number of anilines is 2. The van der Waals surface area contributed by atoms with Crippen LogP contribution >= 0.6 is 23.4 Å². The third-order valence-corrected chi connectivity index (χ3v) is 8.13. The Morgan fingerprint density at radius 2 is 1.64 bits per heavy atom. The van der Waals surface area contributed by atoms with Crippen molar-refractivity contribution in [3.8, 4) is 11.5 Å². The van der Waals surface area contributed by atoms with Crippen molar-refractivity contribution in [3.63, 3.8) is 0 Å². The van der Waals surface area contributed by atoms with Crippen LogP contribution in [-0.2, 0) is 9.59 Å². The van der Waals surface area contributed by atoms with Crippen LogP contribution in [0.1, 0.15) is 29.3 Å². The van der Waals surface area contributed by atoms with Gasteiger partial charge in [-0.05, 0) is 79.2 Å². The van der Waals surface area contributed by atoms with E-state index in [0.717, 1.165) is 4.90 Å². The first-order valence-corrected chi connectivity index (χ1v) is 15.1. The lowest BCUT2D eigenvalue weighted by Gasteiger charge is -2.16. The number of ether oxygens (including phenoxy) is 2. The molecule has 3 N–H and O–H groups in total. The van der Waals surface area contributed by atoms with Crippen molar-refractivity contribution in [1.82, 2.24) is 5.32 Å².